The smallest absolute Gasteiger partial charge is 0.313 e. The fourth-order valence-corrected chi connectivity index (χ4v) is 2.61. The molecule has 1 rings (SSSR count). The zero-order chi connectivity index (χ0) is 24.9. The van der Waals surface area contributed by atoms with Gasteiger partial charge in [-0.3, -0.25) is 19.2 Å². The molecule has 0 saturated heterocycles. The van der Waals surface area contributed by atoms with Crippen LogP contribution in [0.15, 0.2) is 29.2 Å². The highest BCUT2D eigenvalue weighted by Crippen LogP contribution is 2.08. The van der Waals surface area contributed by atoms with Crippen LogP contribution in [-0.4, -0.2) is 81.4 Å². The number of benzene rings is 1. The van der Waals surface area contributed by atoms with Crippen molar-refractivity contribution in [2.45, 2.75) is 38.5 Å². The average molecular weight is 474 g/mol. The van der Waals surface area contributed by atoms with Gasteiger partial charge in [-0.05, 0) is 32.9 Å². The molecule has 0 atom stereocenters. The zero-order valence-electron chi connectivity index (χ0n) is 19.1. The van der Waals surface area contributed by atoms with Crippen LogP contribution in [0, 0.1) is 6.92 Å². The molecule has 0 spiro atoms. The predicted octanol–water partition coefficient (Wildman–Crippen LogP) is 1.01. The molecular formula is C21H31NO9S. The molecule has 0 radical (unpaired) electrons. The number of hydrogen-bond acceptors (Lipinski definition) is 9. The van der Waals surface area contributed by atoms with E-state index in [0.717, 1.165) is 5.56 Å². The summed E-state index contributed by atoms with van der Waals surface area (Å²) in [5.74, 6) is -1.52. The maximum Gasteiger partial charge on any atom is 0.313 e. The van der Waals surface area contributed by atoms with Crippen molar-refractivity contribution < 1.29 is 46.1 Å². The fourth-order valence-electron chi connectivity index (χ4n) is 2.14. The van der Waals surface area contributed by atoms with Crippen LogP contribution in [0.3, 0.4) is 0 Å². The Morgan fingerprint density at radius 2 is 1.22 bits per heavy atom. The fraction of sp³-hybridized carbons (Fsp3) is 0.524. The maximum absolute atomic E-state index is 11.2. The zero-order valence-corrected chi connectivity index (χ0v) is 19.9. The molecule has 180 valence electrons. The quantitative estimate of drug-likeness (QED) is 0.199. The van der Waals surface area contributed by atoms with Crippen LogP contribution in [0.5, 0.6) is 0 Å². The summed E-state index contributed by atoms with van der Waals surface area (Å²) in [6.07, 6.45) is -0.424. The summed E-state index contributed by atoms with van der Waals surface area (Å²) in [6, 6.07) is 5.78. The predicted molar refractivity (Wildman–Crippen MR) is 113 cm³/mol. The number of quaternary nitrogens is 1. The van der Waals surface area contributed by atoms with E-state index in [0.29, 0.717) is 17.6 Å². The molecule has 1 aromatic rings. The second kappa shape index (κ2) is 13.7. The van der Waals surface area contributed by atoms with Crippen LogP contribution in [0.2, 0.25) is 0 Å². The molecule has 10 nitrogen and oxygen atoms in total. The molecule has 0 aliphatic rings. The Balaban J connectivity index is 0.000000726. The SMILES string of the molecule is CC(=O)CC(=O)OCC[N+](C)(C)CCOC(=O)CC(C)=O.Cc1ccc(S(=O)(=O)[O-])cc1. The largest absolute Gasteiger partial charge is 0.744 e. The third-order valence-electron chi connectivity index (χ3n) is 4.02. The molecule has 0 unspecified atom stereocenters. The Morgan fingerprint density at radius 1 is 0.844 bits per heavy atom. The van der Waals surface area contributed by atoms with Gasteiger partial charge in [-0.2, -0.15) is 0 Å². The van der Waals surface area contributed by atoms with E-state index in [1.54, 1.807) is 12.1 Å². The van der Waals surface area contributed by atoms with Gasteiger partial charge >= 0.3 is 11.9 Å². The normalized spacial score (nSPS) is 11.1. The number of esters is 2. The van der Waals surface area contributed by atoms with E-state index < -0.39 is 22.1 Å². The monoisotopic (exact) mass is 473 g/mol. The van der Waals surface area contributed by atoms with Gasteiger partial charge in [-0.25, -0.2) is 8.42 Å². The number of hydrogen-bond donors (Lipinski definition) is 0. The van der Waals surface area contributed by atoms with E-state index in [1.807, 2.05) is 21.0 Å². The summed E-state index contributed by atoms with van der Waals surface area (Å²) in [4.78, 5) is 43.6. The Kier molecular flexibility index (Phi) is 12.6. The summed E-state index contributed by atoms with van der Waals surface area (Å²) in [7, 11) is -0.469. The lowest BCUT2D eigenvalue weighted by Gasteiger charge is -2.29. The van der Waals surface area contributed by atoms with E-state index in [1.165, 1.54) is 26.0 Å². The minimum Gasteiger partial charge on any atom is -0.744 e. The molecular weight excluding hydrogens is 442 g/mol. The van der Waals surface area contributed by atoms with Crippen molar-refractivity contribution in [3.05, 3.63) is 29.8 Å². The van der Waals surface area contributed by atoms with Gasteiger partial charge in [0.2, 0.25) is 0 Å². The topological polar surface area (TPSA) is 144 Å². The Hall–Kier alpha value is -2.63. The Morgan fingerprint density at radius 3 is 1.53 bits per heavy atom. The van der Waals surface area contributed by atoms with Crippen LogP contribution in [0.1, 0.15) is 32.3 Å². The molecule has 0 amide bonds. The average Bonchev–Trinajstić information content (AvgIpc) is 2.60. The summed E-state index contributed by atoms with van der Waals surface area (Å²) >= 11 is 0. The summed E-state index contributed by atoms with van der Waals surface area (Å²) in [6.45, 7) is 5.94. The van der Waals surface area contributed by atoms with Crippen molar-refractivity contribution in [2.75, 3.05) is 40.4 Å². The van der Waals surface area contributed by atoms with Gasteiger partial charge in [0.25, 0.3) is 0 Å². The second-order valence-corrected chi connectivity index (χ2v) is 9.23. The van der Waals surface area contributed by atoms with Crippen molar-refractivity contribution in [3.8, 4) is 0 Å². The van der Waals surface area contributed by atoms with Crippen LogP contribution in [0.4, 0.5) is 0 Å². The molecule has 0 aliphatic heterocycles. The highest BCUT2D eigenvalue weighted by Gasteiger charge is 2.17. The number of likely N-dealkylation sites (N-methyl/N-ethyl adjacent to an activating group) is 1. The van der Waals surface area contributed by atoms with Crippen molar-refractivity contribution >= 4 is 33.6 Å². The van der Waals surface area contributed by atoms with Crippen LogP contribution in [0.25, 0.3) is 0 Å². The molecule has 0 heterocycles. The summed E-state index contributed by atoms with van der Waals surface area (Å²) < 4.78 is 41.5. The Labute approximate surface area is 188 Å². The van der Waals surface area contributed by atoms with Crippen molar-refractivity contribution in [2.24, 2.45) is 0 Å². The number of carbonyl (C=O) groups excluding carboxylic acids is 4. The lowest BCUT2D eigenvalue weighted by molar-refractivity contribution is -0.890. The van der Waals surface area contributed by atoms with Gasteiger partial charge in [0.1, 0.15) is 60.8 Å². The lowest BCUT2D eigenvalue weighted by atomic mass is 10.2. The number of aryl methyl sites for hydroxylation is 1. The summed E-state index contributed by atoms with van der Waals surface area (Å²) in [5.41, 5.74) is 0.928. The van der Waals surface area contributed by atoms with Gasteiger partial charge in [0.05, 0.1) is 19.0 Å². The van der Waals surface area contributed by atoms with E-state index in [4.69, 9.17) is 9.47 Å². The molecule has 0 bridgehead atoms. The third-order valence-corrected chi connectivity index (χ3v) is 4.87. The number of nitrogens with zero attached hydrogens (tertiary/aromatic N) is 1. The van der Waals surface area contributed by atoms with Gasteiger partial charge in [0.15, 0.2) is 0 Å². The molecule has 0 fully saturated rings. The highest BCUT2D eigenvalue weighted by atomic mass is 32.2. The van der Waals surface area contributed by atoms with Gasteiger partial charge in [-0.15, -0.1) is 0 Å². The summed E-state index contributed by atoms with van der Waals surface area (Å²) in [5, 5.41) is 0. The molecule has 1 aromatic carbocycles. The Bertz CT molecular complexity index is 854. The maximum atomic E-state index is 11.2. The molecule has 0 N–H and O–H groups in total. The third kappa shape index (κ3) is 15.2. The van der Waals surface area contributed by atoms with Gasteiger partial charge < -0.3 is 18.5 Å². The number of Topliss-reactive ketones (excluding diaryl/α,β-unsaturated/α-hetero) is 2. The molecule has 0 aromatic heterocycles. The molecule has 32 heavy (non-hydrogen) atoms. The molecule has 0 aliphatic carbocycles. The van der Waals surface area contributed by atoms with Crippen molar-refractivity contribution in [3.63, 3.8) is 0 Å². The minimum atomic E-state index is -4.27. The van der Waals surface area contributed by atoms with E-state index in [-0.39, 0.29) is 42.5 Å². The van der Waals surface area contributed by atoms with E-state index in [9.17, 15) is 32.1 Å². The van der Waals surface area contributed by atoms with E-state index in [2.05, 4.69) is 0 Å². The molecule has 11 heteroatoms. The first kappa shape index (κ1) is 29.4. The first-order valence-corrected chi connectivity index (χ1v) is 11.2. The van der Waals surface area contributed by atoms with Crippen LogP contribution >= 0.6 is 0 Å². The highest BCUT2D eigenvalue weighted by molar-refractivity contribution is 7.85. The number of ether oxygens (including phenoxy) is 2. The van der Waals surface area contributed by atoms with Gasteiger partial charge in [0, 0.05) is 0 Å². The van der Waals surface area contributed by atoms with Crippen molar-refractivity contribution in [1.29, 1.82) is 0 Å². The minimum absolute atomic E-state index is 0.178. The lowest BCUT2D eigenvalue weighted by Crippen LogP contribution is -2.45. The molecule has 0 saturated carbocycles. The van der Waals surface area contributed by atoms with Crippen LogP contribution < -0.4 is 0 Å². The number of rotatable bonds is 11. The number of ketones is 2. The standard InChI is InChI=1S/C14H24NO6.C7H8O3S/c1-11(16)9-13(18)20-7-5-15(3,4)6-8-21-14(19)10-12(2)17;1-6-2-4-7(5-3-6)11(8,9)10/h5-10H2,1-4H3;2-5H,1H3,(H,8,9,10)/q+1;/p-1. The van der Waals surface area contributed by atoms with Crippen molar-refractivity contribution in [1.82, 2.24) is 0 Å². The first-order valence-electron chi connectivity index (χ1n) is 9.77. The van der Waals surface area contributed by atoms with Crippen LogP contribution in [-0.2, 0) is 38.8 Å². The van der Waals surface area contributed by atoms with Gasteiger partial charge in [-0.1, -0.05) is 17.7 Å². The number of carbonyl (C=O) groups is 4. The second-order valence-electron chi connectivity index (χ2n) is 7.85. The first-order chi connectivity index (χ1) is 14.6. The van der Waals surface area contributed by atoms with E-state index >= 15 is 0 Å².